The molecule has 1 amide bonds. The standard InChI is InChI=1S/C16H28N4O/c1-16(11-17,12-4-5-12)19-15(21)10-20(3)14-8-6-13(18-2)7-9-14/h12-14,18H,4-10H2,1-3H3,(H,19,21). The smallest absolute Gasteiger partial charge is 0.235 e. The van der Waals surface area contributed by atoms with Crippen molar-refractivity contribution < 1.29 is 4.79 Å². The third-order valence-electron chi connectivity index (χ3n) is 5.15. The van der Waals surface area contributed by atoms with Crippen molar-refractivity contribution in [2.24, 2.45) is 5.92 Å². The molecule has 1 unspecified atom stereocenters. The van der Waals surface area contributed by atoms with E-state index in [1.165, 1.54) is 12.8 Å². The fraction of sp³-hybridized carbons (Fsp3) is 0.875. The van der Waals surface area contributed by atoms with Crippen LogP contribution in [0.25, 0.3) is 0 Å². The summed E-state index contributed by atoms with van der Waals surface area (Å²) in [6, 6.07) is 3.39. The first-order valence-corrected chi connectivity index (χ1v) is 8.08. The molecule has 0 saturated heterocycles. The van der Waals surface area contributed by atoms with E-state index < -0.39 is 5.54 Å². The van der Waals surface area contributed by atoms with Crippen molar-refractivity contribution in [3.63, 3.8) is 0 Å². The second-order valence-corrected chi connectivity index (χ2v) is 6.85. The van der Waals surface area contributed by atoms with Crippen molar-refractivity contribution in [2.75, 3.05) is 20.6 Å². The first kappa shape index (κ1) is 16.3. The number of hydrogen-bond acceptors (Lipinski definition) is 4. The zero-order valence-electron chi connectivity index (χ0n) is 13.5. The van der Waals surface area contributed by atoms with E-state index >= 15 is 0 Å². The molecule has 0 bridgehead atoms. The molecule has 0 aromatic heterocycles. The van der Waals surface area contributed by atoms with E-state index in [-0.39, 0.29) is 5.91 Å². The van der Waals surface area contributed by atoms with E-state index in [0.29, 0.717) is 24.5 Å². The van der Waals surface area contributed by atoms with E-state index in [1.54, 1.807) is 0 Å². The molecule has 0 aromatic rings. The van der Waals surface area contributed by atoms with Gasteiger partial charge in [-0.1, -0.05) is 0 Å². The number of carbonyl (C=O) groups excluding carboxylic acids is 1. The zero-order valence-corrected chi connectivity index (χ0v) is 13.5. The molecule has 21 heavy (non-hydrogen) atoms. The maximum Gasteiger partial charge on any atom is 0.235 e. The highest BCUT2D eigenvalue weighted by molar-refractivity contribution is 5.79. The van der Waals surface area contributed by atoms with Crippen LogP contribution in [0.15, 0.2) is 0 Å². The normalized spacial score (nSPS) is 28.7. The summed E-state index contributed by atoms with van der Waals surface area (Å²) in [4.78, 5) is 14.4. The number of rotatable bonds is 6. The minimum Gasteiger partial charge on any atom is -0.337 e. The van der Waals surface area contributed by atoms with E-state index in [1.807, 2.05) is 21.0 Å². The Balaban J connectivity index is 1.78. The predicted octanol–water partition coefficient (Wildman–Crippen LogP) is 1.26. The van der Waals surface area contributed by atoms with Crippen LogP contribution in [0, 0.1) is 17.2 Å². The first-order chi connectivity index (χ1) is 9.98. The maximum atomic E-state index is 12.2. The molecule has 5 heteroatoms. The van der Waals surface area contributed by atoms with Crippen LogP contribution in [-0.4, -0.2) is 49.1 Å². The highest BCUT2D eigenvalue weighted by Gasteiger charge is 2.43. The number of nitrogens with zero attached hydrogens (tertiary/aromatic N) is 2. The minimum absolute atomic E-state index is 0.0239. The van der Waals surface area contributed by atoms with Gasteiger partial charge in [0.2, 0.25) is 5.91 Å². The van der Waals surface area contributed by atoms with Crippen LogP contribution in [0.4, 0.5) is 0 Å². The zero-order chi connectivity index (χ0) is 15.5. The van der Waals surface area contributed by atoms with Gasteiger partial charge >= 0.3 is 0 Å². The molecular weight excluding hydrogens is 264 g/mol. The lowest BCUT2D eigenvalue weighted by atomic mass is 9.90. The summed E-state index contributed by atoms with van der Waals surface area (Å²) < 4.78 is 0. The highest BCUT2D eigenvalue weighted by atomic mass is 16.2. The van der Waals surface area contributed by atoms with Gasteiger partial charge in [0.15, 0.2) is 0 Å². The monoisotopic (exact) mass is 292 g/mol. The Labute approximate surface area is 128 Å². The van der Waals surface area contributed by atoms with Crippen molar-refractivity contribution >= 4 is 5.91 Å². The van der Waals surface area contributed by atoms with Gasteiger partial charge in [-0.05, 0) is 65.5 Å². The molecule has 2 saturated carbocycles. The van der Waals surface area contributed by atoms with E-state index in [9.17, 15) is 10.1 Å². The van der Waals surface area contributed by atoms with Gasteiger partial charge < -0.3 is 10.6 Å². The van der Waals surface area contributed by atoms with Crippen LogP contribution in [0.5, 0.6) is 0 Å². The molecule has 0 radical (unpaired) electrons. The van der Waals surface area contributed by atoms with Crippen LogP contribution < -0.4 is 10.6 Å². The van der Waals surface area contributed by atoms with Crippen LogP contribution in [-0.2, 0) is 4.79 Å². The topological polar surface area (TPSA) is 68.2 Å². The third kappa shape index (κ3) is 4.18. The van der Waals surface area contributed by atoms with Crippen LogP contribution >= 0.6 is 0 Å². The largest absolute Gasteiger partial charge is 0.337 e. The van der Waals surface area contributed by atoms with Gasteiger partial charge in [-0.15, -0.1) is 0 Å². The quantitative estimate of drug-likeness (QED) is 0.773. The lowest BCUT2D eigenvalue weighted by Gasteiger charge is -2.34. The van der Waals surface area contributed by atoms with E-state index in [0.717, 1.165) is 25.7 Å². The summed E-state index contributed by atoms with van der Waals surface area (Å²) >= 11 is 0. The van der Waals surface area contributed by atoms with Crippen LogP contribution in [0.1, 0.15) is 45.4 Å². The average Bonchev–Trinajstić information content (AvgIpc) is 3.32. The second kappa shape index (κ2) is 6.76. The molecule has 2 rings (SSSR count). The molecule has 0 aliphatic heterocycles. The molecule has 2 aliphatic carbocycles. The summed E-state index contributed by atoms with van der Waals surface area (Å²) in [6.45, 7) is 2.24. The van der Waals surface area contributed by atoms with Gasteiger partial charge in [0.1, 0.15) is 5.54 Å². The highest BCUT2D eigenvalue weighted by Crippen LogP contribution is 2.39. The van der Waals surface area contributed by atoms with Crippen molar-refractivity contribution in [1.82, 2.24) is 15.5 Å². The Morgan fingerprint density at radius 3 is 2.38 bits per heavy atom. The van der Waals surface area contributed by atoms with Gasteiger partial charge in [-0.3, -0.25) is 9.69 Å². The molecule has 0 heterocycles. The molecule has 0 aromatic carbocycles. The van der Waals surface area contributed by atoms with Crippen molar-refractivity contribution in [3.05, 3.63) is 0 Å². The van der Waals surface area contributed by atoms with Crippen molar-refractivity contribution in [2.45, 2.75) is 63.1 Å². The Morgan fingerprint density at radius 1 is 1.29 bits per heavy atom. The van der Waals surface area contributed by atoms with Gasteiger partial charge in [-0.25, -0.2) is 0 Å². The van der Waals surface area contributed by atoms with Crippen molar-refractivity contribution in [3.8, 4) is 6.07 Å². The summed E-state index contributed by atoms with van der Waals surface area (Å²) in [5.41, 5.74) is -0.679. The summed E-state index contributed by atoms with van der Waals surface area (Å²) in [6.07, 6.45) is 6.71. The Morgan fingerprint density at radius 2 is 1.90 bits per heavy atom. The van der Waals surface area contributed by atoms with Crippen LogP contribution in [0.3, 0.4) is 0 Å². The Bertz CT molecular complexity index is 407. The van der Waals surface area contributed by atoms with E-state index in [4.69, 9.17) is 0 Å². The van der Waals surface area contributed by atoms with Gasteiger partial charge in [0, 0.05) is 12.1 Å². The lowest BCUT2D eigenvalue weighted by molar-refractivity contribution is -0.124. The first-order valence-electron chi connectivity index (χ1n) is 8.08. The molecule has 2 fully saturated rings. The molecular formula is C16H28N4O. The maximum absolute atomic E-state index is 12.2. The number of carbonyl (C=O) groups is 1. The molecule has 118 valence electrons. The number of likely N-dealkylation sites (N-methyl/N-ethyl adjacent to an activating group) is 1. The second-order valence-electron chi connectivity index (χ2n) is 6.85. The molecule has 0 spiro atoms. The molecule has 2 aliphatic rings. The van der Waals surface area contributed by atoms with E-state index in [2.05, 4.69) is 21.6 Å². The summed E-state index contributed by atoms with van der Waals surface area (Å²) in [5, 5.41) is 15.6. The van der Waals surface area contributed by atoms with Gasteiger partial charge in [0.05, 0.1) is 12.6 Å². The average molecular weight is 292 g/mol. The van der Waals surface area contributed by atoms with Gasteiger partial charge in [0.25, 0.3) is 0 Å². The Hall–Kier alpha value is -1.12. The summed E-state index contributed by atoms with van der Waals surface area (Å²) in [7, 11) is 4.04. The fourth-order valence-corrected chi connectivity index (χ4v) is 3.37. The lowest BCUT2D eigenvalue weighted by Crippen LogP contribution is -2.51. The number of nitriles is 1. The van der Waals surface area contributed by atoms with Crippen molar-refractivity contribution in [1.29, 1.82) is 5.26 Å². The number of amides is 1. The third-order valence-corrected chi connectivity index (χ3v) is 5.15. The van der Waals surface area contributed by atoms with Gasteiger partial charge in [-0.2, -0.15) is 5.26 Å². The van der Waals surface area contributed by atoms with Crippen LogP contribution in [0.2, 0.25) is 0 Å². The molecule has 1 atom stereocenters. The number of hydrogen-bond donors (Lipinski definition) is 2. The molecule has 5 nitrogen and oxygen atoms in total. The molecule has 2 N–H and O–H groups in total. The number of nitrogens with one attached hydrogen (secondary N) is 2. The fourth-order valence-electron chi connectivity index (χ4n) is 3.37. The Kier molecular flexibility index (Phi) is 5.23. The summed E-state index contributed by atoms with van der Waals surface area (Å²) in [5.74, 6) is 0.312. The minimum atomic E-state index is -0.679. The predicted molar refractivity (Wildman–Crippen MR) is 82.6 cm³/mol. The SMILES string of the molecule is CNC1CCC(N(C)CC(=O)NC(C)(C#N)C2CC2)CC1.